The van der Waals surface area contributed by atoms with E-state index in [1.54, 1.807) is 0 Å². The van der Waals surface area contributed by atoms with Crippen molar-refractivity contribution in [2.24, 2.45) is 11.3 Å². The quantitative estimate of drug-likeness (QED) is 0.911. The molecule has 2 saturated heterocycles. The van der Waals surface area contributed by atoms with E-state index in [1.165, 1.54) is 0 Å². The van der Waals surface area contributed by atoms with E-state index in [2.05, 4.69) is 24.0 Å². The minimum Gasteiger partial charge on any atom is -0.342 e. The van der Waals surface area contributed by atoms with Crippen LogP contribution in [0.1, 0.15) is 62.1 Å². The van der Waals surface area contributed by atoms with Crippen molar-refractivity contribution in [2.45, 2.75) is 52.9 Å². The number of aryl methyl sites for hydroxylation is 1. The molecular formula is C19H30N4O2. The van der Waals surface area contributed by atoms with Crippen LogP contribution >= 0.6 is 0 Å². The van der Waals surface area contributed by atoms with Crippen molar-refractivity contribution in [1.82, 2.24) is 20.0 Å². The number of aromatic nitrogens is 2. The molecule has 1 aromatic heterocycles. The Labute approximate surface area is 149 Å². The van der Waals surface area contributed by atoms with Crippen molar-refractivity contribution in [3.63, 3.8) is 0 Å². The highest BCUT2D eigenvalue weighted by molar-refractivity contribution is 5.92. The van der Waals surface area contributed by atoms with Gasteiger partial charge >= 0.3 is 0 Å². The first-order chi connectivity index (χ1) is 11.9. The Bertz CT molecular complexity index is 639. The average molecular weight is 346 g/mol. The molecule has 2 aliphatic rings. The molecule has 1 atom stereocenters. The summed E-state index contributed by atoms with van der Waals surface area (Å²) in [5.41, 5.74) is 1.46. The fourth-order valence-corrected chi connectivity index (χ4v) is 4.12. The minimum absolute atomic E-state index is 0.00838. The Hall–Kier alpha value is -1.85. The molecule has 0 aromatic carbocycles. The van der Waals surface area contributed by atoms with Gasteiger partial charge in [0.2, 0.25) is 5.91 Å². The van der Waals surface area contributed by atoms with E-state index in [0.29, 0.717) is 18.0 Å². The predicted octanol–water partition coefficient (Wildman–Crippen LogP) is 2.61. The molecule has 0 radical (unpaired) electrons. The highest BCUT2D eigenvalue weighted by Gasteiger charge is 2.42. The molecule has 2 amide bonds. The molecule has 3 rings (SSSR count). The number of rotatable bonds is 4. The predicted molar refractivity (Wildman–Crippen MR) is 96.2 cm³/mol. The summed E-state index contributed by atoms with van der Waals surface area (Å²) in [6.07, 6.45) is 4.65. The molecule has 0 aliphatic carbocycles. The molecule has 1 spiro atoms. The van der Waals surface area contributed by atoms with Crippen molar-refractivity contribution < 1.29 is 9.59 Å². The van der Waals surface area contributed by atoms with Gasteiger partial charge in [0.25, 0.3) is 5.91 Å². The summed E-state index contributed by atoms with van der Waals surface area (Å²) in [7, 11) is 0. The van der Waals surface area contributed by atoms with Crippen LogP contribution in [0.25, 0.3) is 0 Å². The van der Waals surface area contributed by atoms with E-state index in [9.17, 15) is 9.59 Å². The molecule has 6 heteroatoms. The second kappa shape index (κ2) is 7.18. The maximum atomic E-state index is 12.8. The van der Waals surface area contributed by atoms with E-state index < -0.39 is 0 Å². The lowest BCUT2D eigenvalue weighted by molar-refractivity contribution is -0.139. The average Bonchev–Trinajstić information content (AvgIpc) is 3.02. The van der Waals surface area contributed by atoms with E-state index >= 15 is 0 Å². The summed E-state index contributed by atoms with van der Waals surface area (Å²) in [5.74, 6) is 0.879. The number of likely N-dealkylation sites (tertiary alicyclic amines) is 2. The van der Waals surface area contributed by atoms with Crippen LogP contribution in [0.4, 0.5) is 0 Å². The van der Waals surface area contributed by atoms with Gasteiger partial charge in [-0.25, -0.2) is 0 Å². The standard InChI is InChI=1S/C19H30N4O2/c1-14(2)6-10-22-12-19(8-5-17(22)24)7-4-9-23(13-19)18(25)16-11-15(3)20-21-16/h11,14H,4-10,12-13H2,1-3H3,(H,20,21)/t19-/m1/s1. The maximum absolute atomic E-state index is 12.8. The lowest BCUT2D eigenvalue weighted by Crippen LogP contribution is -2.55. The summed E-state index contributed by atoms with van der Waals surface area (Å²) in [6.45, 7) is 9.44. The van der Waals surface area contributed by atoms with E-state index in [1.807, 2.05) is 22.8 Å². The third kappa shape index (κ3) is 4.05. The third-order valence-electron chi connectivity index (χ3n) is 5.60. The zero-order chi connectivity index (χ0) is 18.0. The van der Waals surface area contributed by atoms with Crippen molar-refractivity contribution in [3.05, 3.63) is 17.5 Å². The number of aromatic amines is 1. The summed E-state index contributed by atoms with van der Waals surface area (Å²) in [4.78, 5) is 29.0. The van der Waals surface area contributed by atoms with Crippen LogP contribution < -0.4 is 0 Å². The number of piperidine rings is 2. The molecule has 0 saturated carbocycles. The molecular weight excluding hydrogens is 316 g/mol. The van der Waals surface area contributed by atoms with Crippen molar-refractivity contribution in [2.75, 3.05) is 26.2 Å². The smallest absolute Gasteiger partial charge is 0.274 e. The normalized spacial score (nSPS) is 24.4. The number of nitrogens with zero attached hydrogens (tertiary/aromatic N) is 3. The van der Waals surface area contributed by atoms with Crippen LogP contribution in [0.5, 0.6) is 0 Å². The fourth-order valence-electron chi connectivity index (χ4n) is 4.12. The first-order valence-corrected chi connectivity index (χ1v) is 9.48. The van der Waals surface area contributed by atoms with Crippen LogP contribution in [0, 0.1) is 18.3 Å². The van der Waals surface area contributed by atoms with Gasteiger partial charge in [0.05, 0.1) is 0 Å². The second-order valence-electron chi connectivity index (χ2n) is 8.26. The van der Waals surface area contributed by atoms with E-state index in [-0.39, 0.29) is 17.2 Å². The van der Waals surface area contributed by atoms with Crippen molar-refractivity contribution >= 4 is 11.8 Å². The Balaban J connectivity index is 1.68. The highest BCUT2D eigenvalue weighted by atomic mass is 16.2. The van der Waals surface area contributed by atoms with Crippen LogP contribution in [0.3, 0.4) is 0 Å². The Morgan fingerprint density at radius 2 is 2.16 bits per heavy atom. The molecule has 1 N–H and O–H groups in total. The number of amides is 2. The summed E-state index contributed by atoms with van der Waals surface area (Å²) in [5, 5.41) is 6.97. The molecule has 0 unspecified atom stereocenters. The largest absolute Gasteiger partial charge is 0.342 e. The Morgan fingerprint density at radius 1 is 1.36 bits per heavy atom. The molecule has 1 aromatic rings. The number of carbonyl (C=O) groups is 2. The van der Waals surface area contributed by atoms with Gasteiger partial charge in [-0.1, -0.05) is 13.8 Å². The fraction of sp³-hybridized carbons (Fsp3) is 0.737. The van der Waals surface area contributed by atoms with Gasteiger partial charge in [-0.15, -0.1) is 0 Å². The molecule has 2 aliphatic heterocycles. The van der Waals surface area contributed by atoms with Gasteiger partial charge in [0.1, 0.15) is 5.69 Å². The van der Waals surface area contributed by atoms with Gasteiger partial charge in [0, 0.05) is 43.7 Å². The number of H-pyrrole nitrogens is 1. The maximum Gasteiger partial charge on any atom is 0.274 e. The summed E-state index contributed by atoms with van der Waals surface area (Å²) < 4.78 is 0. The number of hydrogen-bond acceptors (Lipinski definition) is 3. The zero-order valence-electron chi connectivity index (χ0n) is 15.7. The van der Waals surface area contributed by atoms with Crippen LogP contribution in [-0.2, 0) is 4.79 Å². The molecule has 25 heavy (non-hydrogen) atoms. The zero-order valence-corrected chi connectivity index (χ0v) is 15.7. The highest BCUT2D eigenvalue weighted by Crippen LogP contribution is 2.39. The van der Waals surface area contributed by atoms with Crippen LogP contribution in [0.15, 0.2) is 6.07 Å². The lowest BCUT2D eigenvalue weighted by atomic mass is 9.73. The van der Waals surface area contributed by atoms with Gasteiger partial charge in [0.15, 0.2) is 0 Å². The van der Waals surface area contributed by atoms with Crippen molar-refractivity contribution in [3.8, 4) is 0 Å². The van der Waals surface area contributed by atoms with Crippen LogP contribution in [0.2, 0.25) is 0 Å². The van der Waals surface area contributed by atoms with Crippen molar-refractivity contribution in [1.29, 1.82) is 0 Å². The number of hydrogen-bond donors (Lipinski definition) is 1. The summed E-state index contributed by atoms with van der Waals surface area (Å²) >= 11 is 0. The first kappa shape index (κ1) is 18.0. The lowest BCUT2D eigenvalue weighted by Gasteiger charge is -2.48. The molecule has 138 valence electrons. The number of carbonyl (C=O) groups excluding carboxylic acids is 2. The minimum atomic E-state index is 0.00838. The van der Waals surface area contributed by atoms with Gasteiger partial charge < -0.3 is 9.80 Å². The van der Waals surface area contributed by atoms with Gasteiger partial charge in [-0.2, -0.15) is 5.10 Å². The Morgan fingerprint density at radius 3 is 2.84 bits per heavy atom. The molecule has 0 bridgehead atoms. The molecule has 2 fully saturated rings. The number of nitrogens with one attached hydrogen (secondary N) is 1. The third-order valence-corrected chi connectivity index (χ3v) is 5.60. The van der Waals surface area contributed by atoms with Gasteiger partial charge in [-0.05, 0) is 44.6 Å². The first-order valence-electron chi connectivity index (χ1n) is 9.48. The van der Waals surface area contributed by atoms with Crippen LogP contribution in [-0.4, -0.2) is 58.0 Å². The second-order valence-corrected chi connectivity index (χ2v) is 8.26. The Kier molecular flexibility index (Phi) is 5.16. The molecule has 3 heterocycles. The topological polar surface area (TPSA) is 69.3 Å². The summed E-state index contributed by atoms with van der Waals surface area (Å²) in [6, 6.07) is 1.81. The van der Waals surface area contributed by atoms with E-state index in [4.69, 9.17) is 0 Å². The monoisotopic (exact) mass is 346 g/mol. The van der Waals surface area contributed by atoms with E-state index in [0.717, 1.165) is 57.6 Å². The van der Waals surface area contributed by atoms with Gasteiger partial charge in [-0.3, -0.25) is 14.7 Å². The molecule has 6 nitrogen and oxygen atoms in total. The SMILES string of the molecule is Cc1cc(C(=O)N2CCC[C@]3(CCC(=O)N(CCC(C)C)C3)C2)n[nH]1.